The van der Waals surface area contributed by atoms with Gasteiger partial charge in [0.05, 0.1) is 17.2 Å². The molecule has 144 valence electrons. The second kappa shape index (κ2) is 11.4. The maximum Gasteiger partial charge on any atom is 0.191 e. The van der Waals surface area contributed by atoms with Gasteiger partial charge in [0.1, 0.15) is 0 Å². The summed E-state index contributed by atoms with van der Waals surface area (Å²) in [5.74, 6) is 0.851. The van der Waals surface area contributed by atoms with Crippen molar-refractivity contribution in [2.75, 3.05) is 32.1 Å². The van der Waals surface area contributed by atoms with Crippen LogP contribution in [0.5, 0.6) is 0 Å². The monoisotopic (exact) mass is 487 g/mol. The number of benzene rings is 1. The van der Waals surface area contributed by atoms with Crippen LogP contribution < -0.4 is 15.5 Å². The van der Waals surface area contributed by atoms with Crippen LogP contribution in [0.1, 0.15) is 28.1 Å². The van der Waals surface area contributed by atoms with Gasteiger partial charge in [-0.25, -0.2) is 9.98 Å². The first-order chi connectivity index (χ1) is 12.0. The molecule has 1 heterocycles. The van der Waals surface area contributed by atoms with Crippen molar-refractivity contribution in [3.63, 3.8) is 0 Å². The molecule has 0 aliphatic rings. The Labute approximate surface area is 178 Å². The normalized spacial score (nSPS) is 11.0. The van der Waals surface area contributed by atoms with E-state index in [2.05, 4.69) is 70.5 Å². The molecule has 1 aromatic carbocycles. The summed E-state index contributed by atoms with van der Waals surface area (Å²) in [6.07, 6.45) is 0.918. The van der Waals surface area contributed by atoms with Crippen LogP contribution in [0.15, 0.2) is 29.3 Å². The molecular weight excluding hydrogens is 457 g/mol. The molecule has 0 aliphatic carbocycles. The number of anilines is 1. The first-order valence-corrected chi connectivity index (χ1v) is 9.52. The van der Waals surface area contributed by atoms with Crippen LogP contribution in [0.3, 0.4) is 0 Å². The van der Waals surface area contributed by atoms with Crippen LogP contribution in [0.4, 0.5) is 5.69 Å². The highest BCUT2D eigenvalue weighted by molar-refractivity contribution is 14.0. The Morgan fingerprint density at radius 3 is 2.38 bits per heavy atom. The van der Waals surface area contributed by atoms with Gasteiger partial charge < -0.3 is 15.5 Å². The van der Waals surface area contributed by atoms with Gasteiger partial charge in [-0.15, -0.1) is 35.3 Å². The highest BCUT2D eigenvalue weighted by Crippen LogP contribution is 2.16. The van der Waals surface area contributed by atoms with Crippen LogP contribution in [-0.2, 0) is 13.0 Å². The molecule has 0 fully saturated rings. The van der Waals surface area contributed by atoms with E-state index in [1.54, 1.807) is 11.3 Å². The van der Waals surface area contributed by atoms with E-state index in [0.29, 0.717) is 6.54 Å². The minimum absolute atomic E-state index is 0. The summed E-state index contributed by atoms with van der Waals surface area (Å²) >= 11 is 1.78. The molecule has 2 N–H and O–H groups in total. The lowest BCUT2D eigenvalue weighted by Gasteiger charge is -2.13. The lowest BCUT2D eigenvalue weighted by molar-refractivity contribution is 0.795. The number of aliphatic imine (C=N–C) groups is 1. The van der Waals surface area contributed by atoms with Gasteiger partial charge in [0.15, 0.2) is 5.96 Å². The van der Waals surface area contributed by atoms with Gasteiger partial charge in [0.25, 0.3) is 0 Å². The number of nitrogens with one attached hydrogen (secondary N) is 2. The number of hydrogen-bond acceptors (Lipinski definition) is 4. The zero-order valence-electron chi connectivity index (χ0n) is 16.3. The molecule has 2 aromatic rings. The van der Waals surface area contributed by atoms with Gasteiger partial charge in [-0.1, -0.05) is 12.1 Å². The van der Waals surface area contributed by atoms with E-state index in [9.17, 15) is 0 Å². The molecule has 0 saturated carbocycles. The molecule has 2 rings (SSSR count). The van der Waals surface area contributed by atoms with Crippen LogP contribution in [0.25, 0.3) is 0 Å². The number of aromatic nitrogens is 1. The fourth-order valence-corrected chi connectivity index (χ4v) is 3.28. The molecule has 0 aliphatic heterocycles. The fraction of sp³-hybridized carbons (Fsp3) is 0.474. The van der Waals surface area contributed by atoms with Crippen LogP contribution in [-0.4, -0.2) is 38.1 Å². The third-order valence-corrected chi connectivity index (χ3v) is 5.05. The topological polar surface area (TPSA) is 52.6 Å². The first-order valence-electron chi connectivity index (χ1n) is 8.71. The summed E-state index contributed by atoms with van der Waals surface area (Å²) in [4.78, 5) is 12.7. The predicted molar refractivity (Wildman–Crippen MR) is 124 cm³/mol. The zero-order valence-corrected chi connectivity index (χ0v) is 19.4. The highest BCUT2D eigenvalue weighted by atomic mass is 127. The average Bonchev–Trinajstić information content (AvgIpc) is 2.91. The van der Waals surface area contributed by atoms with Crippen molar-refractivity contribution in [3.8, 4) is 0 Å². The van der Waals surface area contributed by atoms with E-state index in [1.165, 1.54) is 21.1 Å². The summed E-state index contributed by atoms with van der Waals surface area (Å²) in [5, 5.41) is 7.87. The number of guanidine groups is 1. The molecule has 0 unspecified atom stereocenters. The summed E-state index contributed by atoms with van der Waals surface area (Å²) in [7, 11) is 4.09. The van der Waals surface area contributed by atoms with Crippen molar-refractivity contribution in [1.29, 1.82) is 0 Å². The van der Waals surface area contributed by atoms with Crippen molar-refractivity contribution in [3.05, 3.63) is 45.4 Å². The number of hydrogen-bond donors (Lipinski definition) is 2. The summed E-state index contributed by atoms with van der Waals surface area (Å²) in [5.41, 5.74) is 3.54. The van der Waals surface area contributed by atoms with Gasteiger partial charge in [0.2, 0.25) is 0 Å². The van der Waals surface area contributed by atoms with E-state index in [0.717, 1.165) is 31.2 Å². The van der Waals surface area contributed by atoms with Crippen LogP contribution in [0.2, 0.25) is 0 Å². The van der Waals surface area contributed by atoms with Crippen molar-refractivity contribution in [2.24, 2.45) is 4.99 Å². The SMILES string of the molecule is CCNC(=NCc1ccc(N(C)C)cc1)NCCc1nc(C)c(C)s1.I. The van der Waals surface area contributed by atoms with E-state index in [4.69, 9.17) is 0 Å². The van der Waals surface area contributed by atoms with Gasteiger partial charge in [-0.3, -0.25) is 0 Å². The number of thiazole rings is 1. The summed E-state index contributed by atoms with van der Waals surface area (Å²) < 4.78 is 0. The summed E-state index contributed by atoms with van der Waals surface area (Å²) in [6, 6.07) is 8.50. The van der Waals surface area contributed by atoms with Crippen molar-refractivity contribution < 1.29 is 0 Å². The number of nitrogens with zero attached hydrogens (tertiary/aromatic N) is 3. The molecule has 0 atom stereocenters. The highest BCUT2D eigenvalue weighted by Gasteiger charge is 2.04. The molecule has 5 nitrogen and oxygen atoms in total. The van der Waals surface area contributed by atoms with Gasteiger partial charge >= 0.3 is 0 Å². The lowest BCUT2D eigenvalue weighted by Crippen LogP contribution is -2.38. The van der Waals surface area contributed by atoms with Gasteiger partial charge in [0, 0.05) is 44.2 Å². The van der Waals surface area contributed by atoms with Gasteiger partial charge in [-0.2, -0.15) is 0 Å². The number of halogens is 1. The minimum Gasteiger partial charge on any atom is -0.378 e. The molecule has 0 bridgehead atoms. The maximum absolute atomic E-state index is 4.68. The maximum atomic E-state index is 4.68. The standard InChI is InChI=1S/C19H29N5S.HI/c1-6-20-19(21-12-11-18-23-14(2)15(3)25-18)22-13-16-7-9-17(10-8-16)24(4)5;/h7-10H,6,11-13H2,1-5H3,(H2,20,21,22);1H. The van der Waals surface area contributed by atoms with Crippen LogP contribution in [0, 0.1) is 13.8 Å². The molecule has 0 saturated heterocycles. The Hall–Kier alpha value is -1.35. The Morgan fingerprint density at radius 1 is 1.15 bits per heavy atom. The van der Waals surface area contributed by atoms with Crippen molar-refractivity contribution >= 4 is 47.0 Å². The smallest absolute Gasteiger partial charge is 0.191 e. The lowest BCUT2D eigenvalue weighted by atomic mass is 10.2. The fourth-order valence-electron chi connectivity index (χ4n) is 2.35. The second-order valence-corrected chi connectivity index (χ2v) is 7.47. The molecule has 1 aromatic heterocycles. The Morgan fingerprint density at radius 2 is 1.85 bits per heavy atom. The Bertz CT molecular complexity index is 675. The molecule has 0 spiro atoms. The predicted octanol–water partition coefficient (Wildman–Crippen LogP) is 3.74. The van der Waals surface area contributed by atoms with E-state index >= 15 is 0 Å². The minimum atomic E-state index is 0. The molecule has 0 radical (unpaired) electrons. The Balaban J connectivity index is 0.00000338. The first kappa shape index (κ1) is 22.7. The molecular formula is C19H30IN5S. The van der Waals surface area contributed by atoms with E-state index < -0.39 is 0 Å². The third kappa shape index (κ3) is 7.11. The van der Waals surface area contributed by atoms with E-state index in [1.807, 2.05) is 14.1 Å². The molecule has 26 heavy (non-hydrogen) atoms. The van der Waals surface area contributed by atoms with Crippen molar-refractivity contribution in [2.45, 2.75) is 33.7 Å². The van der Waals surface area contributed by atoms with Crippen LogP contribution >= 0.6 is 35.3 Å². The van der Waals surface area contributed by atoms with Gasteiger partial charge in [-0.05, 0) is 38.5 Å². The number of aryl methyl sites for hydroxylation is 2. The Kier molecular flexibility index (Phi) is 9.93. The van der Waals surface area contributed by atoms with Crippen molar-refractivity contribution in [1.82, 2.24) is 15.6 Å². The largest absolute Gasteiger partial charge is 0.378 e. The quantitative estimate of drug-likeness (QED) is 0.355. The number of rotatable bonds is 7. The summed E-state index contributed by atoms with van der Waals surface area (Å²) in [6.45, 7) is 8.61. The molecule has 0 amide bonds. The average molecular weight is 487 g/mol. The van der Waals surface area contributed by atoms with E-state index in [-0.39, 0.29) is 24.0 Å². The zero-order chi connectivity index (χ0) is 18.2. The second-order valence-electron chi connectivity index (χ2n) is 6.18. The molecule has 7 heteroatoms. The third-order valence-electron chi connectivity index (χ3n) is 3.92.